The van der Waals surface area contributed by atoms with Gasteiger partial charge < -0.3 is 10.8 Å². The van der Waals surface area contributed by atoms with Crippen LogP contribution in [0, 0.1) is 5.41 Å². The van der Waals surface area contributed by atoms with Crippen molar-refractivity contribution in [1.82, 2.24) is 0 Å². The Morgan fingerprint density at radius 2 is 2.17 bits per heavy atom. The number of aliphatic hydroxyl groups excluding tert-OH is 1. The third kappa shape index (κ3) is 1.97. The van der Waals surface area contributed by atoms with Crippen LogP contribution in [0.2, 0.25) is 0 Å². The maximum atomic E-state index is 11.1. The van der Waals surface area contributed by atoms with Gasteiger partial charge >= 0.3 is 0 Å². The van der Waals surface area contributed by atoms with E-state index in [4.69, 9.17) is 10.8 Å². The van der Waals surface area contributed by atoms with Crippen LogP contribution in [-0.4, -0.2) is 38.2 Å². The first-order valence-electron chi connectivity index (χ1n) is 4.05. The fraction of sp³-hybridized carbons (Fsp3) is 1.00. The van der Waals surface area contributed by atoms with Crippen LogP contribution in [0.15, 0.2) is 0 Å². The first-order valence-corrected chi connectivity index (χ1v) is 5.87. The van der Waals surface area contributed by atoms with Gasteiger partial charge in [0.2, 0.25) is 0 Å². The van der Waals surface area contributed by atoms with Gasteiger partial charge in [0, 0.05) is 12.0 Å². The van der Waals surface area contributed by atoms with E-state index in [9.17, 15) is 8.42 Å². The Bertz CT molecular complexity index is 249. The molecule has 0 aliphatic carbocycles. The molecule has 1 aliphatic rings. The molecule has 5 heteroatoms. The molecule has 1 fully saturated rings. The van der Waals surface area contributed by atoms with Crippen LogP contribution in [0.1, 0.15) is 12.8 Å². The maximum absolute atomic E-state index is 11.1. The van der Waals surface area contributed by atoms with Gasteiger partial charge in [0.1, 0.15) is 0 Å². The average Bonchev–Trinajstić information content (AvgIpc) is 2.29. The second-order valence-electron chi connectivity index (χ2n) is 3.54. The highest BCUT2D eigenvalue weighted by molar-refractivity contribution is 7.91. The molecule has 0 spiro atoms. The van der Waals surface area contributed by atoms with E-state index in [2.05, 4.69) is 0 Å². The summed E-state index contributed by atoms with van der Waals surface area (Å²) in [5, 5.41) is 9.06. The fourth-order valence-electron chi connectivity index (χ4n) is 1.69. The molecule has 1 saturated heterocycles. The van der Waals surface area contributed by atoms with Gasteiger partial charge in [-0.1, -0.05) is 0 Å². The summed E-state index contributed by atoms with van der Waals surface area (Å²) in [7, 11) is -2.90. The molecule has 0 radical (unpaired) electrons. The Balaban J connectivity index is 2.72. The van der Waals surface area contributed by atoms with E-state index in [0.29, 0.717) is 19.4 Å². The number of hydrogen-bond acceptors (Lipinski definition) is 4. The van der Waals surface area contributed by atoms with Crippen LogP contribution in [0.3, 0.4) is 0 Å². The summed E-state index contributed by atoms with van der Waals surface area (Å²) in [4.78, 5) is 0. The lowest BCUT2D eigenvalue weighted by Crippen LogP contribution is -2.29. The lowest BCUT2D eigenvalue weighted by molar-refractivity contribution is 0.141. The topological polar surface area (TPSA) is 80.4 Å². The molecular formula is C7H15NO3S. The predicted octanol–water partition coefficient (Wildman–Crippen LogP) is -0.868. The van der Waals surface area contributed by atoms with E-state index in [1.807, 2.05) is 0 Å². The van der Waals surface area contributed by atoms with Crippen molar-refractivity contribution in [2.24, 2.45) is 11.1 Å². The number of aliphatic hydroxyl groups is 1. The number of rotatable bonds is 3. The van der Waals surface area contributed by atoms with Gasteiger partial charge in [-0.2, -0.15) is 0 Å². The Labute approximate surface area is 72.7 Å². The van der Waals surface area contributed by atoms with E-state index in [1.165, 1.54) is 0 Å². The lowest BCUT2D eigenvalue weighted by atomic mass is 9.85. The minimum absolute atomic E-state index is 0.0660. The first-order chi connectivity index (χ1) is 5.54. The molecule has 0 aromatic carbocycles. The summed E-state index contributed by atoms with van der Waals surface area (Å²) in [6.45, 7) is 0.375. The van der Waals surface area contributed by atoms with Gasteiger partial charge in [0.25, 0.3) is 0 Å². The van der Waals surface area contributed by atoms with Crippen LogP contribution >= 0.6 is 0 Å². The number of hydrogen-bond donors (Lipinski definition) is 2. The highest BCUT2D eigenvalue weighted by atomic mass is 32.2. The van der Waals surface area contributed by atoms with Gasteiger partial charge in [-0.25, -0.2) is 8.42 Å². The van der Waals surface area contributed by atoms with E-state index in [1.54, 1.807) is 0 Å². The Hall–Kier alpha value is -0.130. The van der Waals surface area contributed by atoms with E-state index >= 15 is 0 Å². The molecule has 72 valence electrons. The molecule has 1 rings (SSSR count). The lowest BCUT2D eigenvalue weighted by Gasteiger charge is -2.23. The summed E-state index contributed by atoms with van der Waals surface area (Å²) >= 11 is 0. The summed E-state index contributed by atoms with van der Waals surface area (Å²) < 4.78 is 22.3. The largest absolute Gasteiger partial charge is 0.396 e. The Morgan fingerprint density at radius 3 is 2.50 bits per heavy atom. The predicted molar refractivity (Wildman–Crippen MR) is 46.5 cm³/mol. The van der Waals surface area contributed by atoms with E-state index in [0.717, 1.165) is 0 Å². The van der Waals surface area contributed by atoms with Crippen molar-refractivity contribution in [3.8, 4) is 0 Å². The molecule has 1 aliphatic heterocycles. The van der Waals surface area contributed by atoms with Gasteiger partial charge in [-0.05, 0) is 19.4 Å². The molecule has 0 saturated carbocycles. The standard InChI is InChI=1S/C7H15NO3S/c8-3-1-7(5-9)2-4-12(10,11)6-7/h9H,1-6,8H2. The third-order valence-electron chi connectivity index (χ3n) is 2.48. The highest BCUT2D eigenvalue weighted by Gasteiger charge is 2.40. The molecule has 0 bridgehead atoms. The quantitative estimate of drug-likeness (QED) is 0.610. The van der Waals surface area contributed by atoms with Crippen LogP contribution in [0.4, 0.5) is 0 Å². The molecular weight excluding hydrogens is 178 g/mol. The second kappa shape index (κ2) is 3.32. The molecule has 3 N–H and O–H groups in total. The Morgan fingerprint density at radius 1 is 1.50 bits per heavy atom. The summed E-state index contributed by atoms with van der Waals surface area (Å²) in [5.74, 6) is 0.307. The van der Waals surface area contributed by atoms with Gasteiger partial charge in [-0.15, -0.1) is 0 Å². The third-order valence-corrected chi connectivity index (χ3v) is 4.36. The maximum Gasteiger partial charge on any atom is 0.150 e. The number of sulfone groups is 1. The highest BCUT2D eigenvalue weighted by Crippen LogP contribution is 2.34. The molecule has 0 amide bonds. The molecule has 1 heterocycles. The normalized spacial score (nSPS) is 33.8. The smallest absolute Gasteiger partial charge is 0.150 e. The summed E-state index contributed by atoms with van der Waals surface area (Å²) in [5.41, 5.74) is 4.91. The van der Waals surface area contributed by atoms with E-state index < -0.39 is 15.3 Å². The molecule has 0 aromatic rings. The van der Waals surface area contributed by atoms with Crippen molar-refractivity contribution in [2.45, 2.75) is 12.8 Å². The van der Waals surface area contributed by atoms with Crippen molar-refractivity contribution in [1.29, 1.82) is 0 Å². The molecule has 1 unspecified atom stereocenters. The zero-order valence-electron chi connectivity index (χ0n) is 6.99. The van der Waals surface area contributed by atoms with Crippen molar-refractivity contribution in [3.63, 3.8) is 0 Å². The molecule has 4 nitrogen and oxygen atoms in total. The van der Waals surface area contributed by atoms with Crippen molar-refractivity contribution >= 4 is 9.84 Å². The zero-order chi connectivity index (χ0) is 9.24. The second-order valence-corrected chi connectivity index (χ2v) is 5.72. The van der Waals surface area contributed by atoms with Crippen LogP contribution in [0.5, 0.6) is 0 Å². The summed E-state index contributed by atoms with van der Waals surface area (Å²) in [6.07, 6.45) is 1.16. The summed E-state index contributed by atoms with van der Waals surface area (Å²) in [6, 6.07) is 0. The van der Waals surface area contributed by atoms with E-state index in [-0.39, 0.29) is 18.1 Å². The fourth-order valence-corrected chi connectivity index (χ4v) is 3.89. The zero-order valence-corrected chi connectivity index (χ0v) is 7.81. The van der Waals surface area contributed by atoms with Crippen molar-refractivity contribution < 1.29 is 13.5 Å². The Kier molecular flexibility index (Phi) is 2.75. The van der Waals surface area contributed by atoms with Crippen LogP contribution < -0.4 is 5.73 Å². The number of nitrogens with two attached hydrogens (primary N) is 1. The van der Waals surface area contributed by atoms with Crippen molar-refractivity contribution in [3.05, 3.63) is 0 Å². The average molecular weight is 193 g/mol. The molecule has 12 heavy (non-hydrogen) atoms. The minimum atomic E-state index is -2.90. The first kappa shape index (κ1) is 9.95. The van der Waals surface area contributed by atoms with Gasteiger partial charge in [0.15, 0.2) is 9.84 Å². The van der Waals surface area contributed by atoms with Crippen LogP contribution in [0.25, 0.3) is 0 Å². The van der Waals surface area contributed by atoms with Crippen molar-refractivity contribution in [2.75, 3.05) is 24.7 Å². The van der Waals surface area contributed by atoms with Gasteiger partial charge in [0.05, 0.1) is 11.5 Å². The minimum Gasteiger partial charge on any atom is -0.396 e. The molecule has 1 atom stereocenters. The monoisotopic (exact) mass is 193 g/mol. The van der Waals surface area contributed by atoms with Gasteiger partial charge in [-0.3, -0.25) is 0 Å². The molecule has 0 aromatic heterocycles. The SMILES string of the molecule is NCCC1(CO)CCS(=O)(=O)C1. The van der Waals surface area contributed by atoms with Crippen LogP contribution in [-0.2, 0) is 9.84 Å².